The summed E-state index contributed by atoms with van der Waals surface area (Å²) in [5.41, 5.74) is 2.46. The van der Waals surface area contributed by atoms with Gasteiger partial charge in [-0.25, -0.2) is 5.01 Å². The minimum atomic E-state index is -0.144. The van der Waals surface area contributed by atoms with Gasteiger partial charge in [-0.15, -0.1) is 0 Å². The summed E-state index contributed by atoms with van der Waals surface area (Å²) in [5.74, 6) is -0.292. The largest absolute Gasteiger partial charge is 0.349 e. The van der Waals surface area contributed by atoms with E-state index in [0.717, 1.165) is 17.7 Å². The van der Waals surface area contributed by atoms with Crippen molar-refractivity contribution in [2.24, 2.45) is 5.10 Å². The van der Waals surface area contributed by atoms with Crippen LogP contribution in [0.2, 0.25) is 0 Å². The highest BCUT2D eigenvalue weighted by Crippen LogP contribution is 2.17. The van der Waals surface area contributed by atoms with Crippen molar-refractivity contribution in [3.8, 4) is 0 Å². The van der Waals surface area contributed by atoms with Gasteiger partial charge in [0.05, 0.1) is 17.8 Å². The zero-order valence-corrected chi connectivity index (χ0v) is 17.9. The Kier molecular flexibility index (Phi) is 6.89. The molecule has 1 N–H and O–H groups in total. The maximum Gasteiger partial charge on any atom is 0.253 e. The van der Waals surface area contributed by atoms with E-state index in [1.54, 1.807) is 23.2 Å². The van der Waals surface area contributed by atoms with Gasteiger partial charge < -0.3 is 10.2 Å². The summed E-state index contributed by atoms with van der Waals surface area (Å²) in [7, 11) is 0. The van der Waals surface area contributed by atoms with Crippen molar-refractivity contribution in [2.45, 2.75) is 38.1 Å². The Hall–Kier alpha value is -3.55. The summed E-state index contributed by atoms with van der Waals surface area (Å²) in [5, 5.41) is 8.93. The second-order valence-electron chi connectivity index (χ2n) is 8.05. The van der Waals surface area contributed by atoms with E-state index in [0.29, 0.717) is 38.0 Å². The molecule has 0 spiro atoms. The minimum absolute atomic E-state index is 0.0261. The molecule has 3 amide bonds. The molecule has 8 heteroatoms. The number of carbonyl (C=O) groups is 3. The van der Waals surface area contributed by atoms with Gasteiger partial charge in [0, 0.05) is 50.8 Å². The molecule has 8 nitrogen and oxygen atoms in total. The van der Waals surface area contributed by atoms with Crippen molar-refractivity contribution in [2.75, 3.05) is 19.6 Å². The lowest BCUT2D eigenvalue weighted by molar-refractivity contribution is -0.137. The molecule has 1 fully saturated rings. The Morgan fingerprint density at radius 2 is 1.69 bits per heavy atom. The van der Waals surface area contributed by atoms with Crippen molar-refractivity contribution in [1.29, 1.82) is 0 Å². The average Bonchev–Trinajstić information content (AvgIpc) is 3.34. The highest BCUT2D eigenvalue weighted by molar-refractivity contribution is 6.02. The molecule has 0 aliphatic carbocycles. The molecule has 1 aromatic carbocycles. The number of hydrogen-bond acceptors (Lipinski definition) is 5. The molecular weight excluding hydrogens is 406 g/mol. The van der Waals surface area contributed by atoms with Crippen LogP contribution in [0, 0.1) is 0 Å². The number of aromatic nitrogens is 1. The quantitative estimate of drug-likeness (QED) is 0.756. The van der Waals surface area contributed by atoms with Crippen LogP contribution < -0.4 is 5.32 Å². The van der Waals surface area contributed by atoms with Gasteiger partial charge in [0.25, 0.3) is 5.91 Å². The van der Waals surface area contributed by atoms with Gasteiger partial charge in [-0.05, 0) is 30.5 Å². The summed E-state index contributed by atoms with van der Waals surface area (Å²) >= 11 is 0. The van der Waals surface area contributed by atoms with Gasteiger partial charge in [-0.3, -0.25) is 19.4 Å². The Balaban J connectivity index is 1.20. The number of likely N-dealkylation sites (tertiary alicyclic amines) is 1. The van der Waals surface area contributed by atoms with Crippen molar-refractivity contribution in [1.82, 2.24) is 20.2 Å². The van der Waals surface area contributed by atoms with E-state index in [1.807, 2.05) is 30.3 Å². The second kappa shape index (κ2) is 10.2. The molecule has 3 heterocycles. The molecule has 0 saturated carbocycles. The molecule has 1 saturated heterocycles. The first kappa shape index (κ1) is 21.7. The Morgan fingerprint density at radius 1 is 0.938 bits per heavy atom. The topological polar surface area (TPSA) is 95.0 Å². The molecule has 2 aromatic rings. The van der Waals surface area contributed by atoms with Crippen LogP contribution in [0.3, 0.4) is 0 Å². The van der Waals surface area contributed by atoms with Gasteiger partial charge in [-0.1, -0.05) is 30.3 Å². The van der Waals surface area contributed by atoms with Crippen LogP contribution in [-0.2, 0) is 9.59 Å². The summed E-state index contributed by atoms with van der Waals surface area (Å²) in [4.78, 5) is 43.1. The molecule has 0 radical (unpaired) electrons. The van der Waals surface area contributed by atoms with E-state index >= 15 is 0 Å². The number of benzene rings is 1. The predicted octanol–water partition coefficient (Wildman–Crippen LogP) is 2.22. The lowest BCUT2D eigenvalue weighted by Crippen LogP contribution is -2.46. The lowest BCUT2D eigenvalue weighted by Gasteiger charge is -2.32. The fraction of sp³-hybridized carbons (Fsp3) is 0.375. The monoisotopic (exact) mass is 433 g/mol. The zero-order valence-electron chi connectivity index (χ0n) is 17.9. The number of hydrogen-bond donors (Lipinski definition) is 1. The number of nitrogens with zero attached hydrogens (tertiary/aromatic N) is 4. The third-order valence-electron chi connectivity index (χ3n) is 5.86. The van der Waals surface area contributed by atoms with Crippen LogP contribution >= 0.6 is 0 Å². The lowest BCUT2D eigenvalue weighted by atomic mass is 10.0. The second-order valence-corrected chi connectivity index (χ2v) is 8.05. The smallest absolute Gasteiger partial charge is 0.253 e. The SMILES string of the molecule is O=C(NC1CCN(C(=O)CCC(=O)N2CCC(c3ccccc3)=N2)CC1)c1cccnc1. The number of rotatable bonds is 6. The maximum absolute atomic E-state index is 12.6. The summed E-state index contributed by atoms with van der Waals surface area (Å²) in [6.07, 6.45) is 5.62. The van der Waals surface area contributed by atoms with E-state index in [9.17, 15) is 14.4 Å². The third-order valence-corrected chi connectivity index (χ3v) is 5.86. The fourth-order valence-electron chi connectivity index (χ4n) is 4.01. The predicted molar refractivity (Wildman–Crippen MR) is 120 cm³/mol. The van der Waals surface area contributed by atoms with Gasteiger partial charge in [-0.2, -0.15) is 5.10 Å². The molecule has 0 atom stereocenters. The maximum atomic E-state index is 12.6. The van der Waals surface area contributed by atoms with E-state index in [2.05, 4.69) is 15.4 Å². The highest BCUT2D eigenvalue weighted by atomic mass is 16.2. The Morgan fingerprint density at radius 3 is 2.41 bits per heavy atom. The zero-order chi connectivity index (χ0) is 22.3. The third kappa shape index (κ3) is 5.38. The summed E-state index contributed by atoms with van der Waals surface area (Å²) in [6.45, 7) is 1.70. The van der Waals surface area contributed by atoms with Crippen molar-refractivity contribution in [3.63, 3.8) is 0 Å². The molecule has 166 valence electrons. The van der Waals surface area contributed by atoms with Gasteiger partial charge in [0.15, 0.2) is 0 Å². The van der Waals surface area contributed by atoms with Crippen LogP contribution in [0.4, 0.5) is 0 Å². The molecular formula is C24H27N5O3. The standard InChI is InChI=1S/C24H27N5O3/c30-22(8-9-23(31)29-16-12-21(27-29)18-5-2-1-3-6-18)28-14-10-20(11-15-28)26-24(32)19-7-4-13-25-17-19/h1-7,13,17,20H,8-12,14-16H2,(H,26,32). The van der Waals surface area contributed by atoms with Crippen LogP contribution in [-0.4, -0.2) is 64.0 Å². The fourth-order valence-corrected chi connectivity index (χ4v) is 4.01. The first-order valence-electron chi connectivity index (χ1n) is 11.0. The van der Waals surface area contributed by atoms with E-state index in [-0.39, 0.29) is 36.6 Å². The van der Waals surface area contributed by atoms with Crippen LogP contribution in [0.25, 0.3) is 0 Å². The first-order chi connectivity index (χ1) is 15.6. The van der Waals surface area contributed by atoms with Crippen LogP contribution in [0.5, 0.6) is 0 Å². The normalized spacial score (nSPS) is 16.6. The van der Waals surface area contributed by atoms with Crippen molar-refractivity contribution < 1.29 is 14.4 Å². The van der Waals surface area contributed by atoms with Crippen LogP contribution in [0.1, 0.15) is 48.0 Å². The van der Waals surface area contributed by atoms with E-state index in [1.165, 1.54) is 11.2 Å². The molecule has 1 aromatic heterocycles. The number of piperidine rings is 1. The summed E-state index contributed by atoms with van der Waals surface area (Å²) < 4.78 is 0. The molecule has 2 aliphatic heterocycles. The first-order valence-corrected chi connectivity index (χ1v) is 11.0. The minimum Gasteiger partial charge on any atom is -0.349 e. The number of carbonyl (C=O) groups excluding carboxylic acids is 3. The molecule has 2 aliphatic rings. The molecule has 0 bridgehead atoms. The number of pyridine rings is 1. The van der Waals surface area contributed by atoms with Crippen LogP contribution in [0.15, 0.2) is 60.0 Å². The number of nitrogens with one attached hydrogen (secondary N) is 1. The average molecular weight is 434 g/mol. The number of hydrazone groups is 1. The molecule has 32 heavy (non-hydrogen) atoms. The van der Waals surface area contributed by atoms with E-state index < -0.39 is 0 Å². The molecule has 4 rings (SSSR count). The molecule has 0 unspecified atom stereocenters. The van der Waals surface area contributed by atoms with Crippen molar-refractivity contribution in [3.05, 3.63) is 66.0 Å². The van der Waals surface area contributed by atoms with Gasteiger partial charge in [0.2, 0.25) is 11.8 Å². The Bertz CT molecular complexity index is 985. The Labute approximate surface area is 187 Å². The van der Waals surface area contributed by atoms with Gasteiger partial charge >= 0.3 is 0 Å². The summed E-state index contributed by atoms with van der Waals surface area (Å²) in [6, 6.07) is 13.3. The van der Waals surface area contributed by atoms with Crippen molar-refractivity contribution >= 4 is 23.4 Å². The van der Waals surface area contributed by atoms with Gasteiger partial charge in [0.1, 0.15) is 0 Å². The van der Waals surface area contributed by atoms with E-state index in [4.69, 9.17) is 0 Å². The highest BCUT2D eigenvalue weighted by Gasteiger charge is 2.26. The number of amides is 3.